The predicted molar refractivity (Wildman–Crippen MR) is 116 cm³/mol. The second-order valence-electron chi connectivity index (χ2n) is 7.71. The highest BCUT2D eigenvalue weighted by Gasteiger charge is 2.26. The fraction of sp³-hybridized carbons (Fsp3) is 0.391. The number of nitrogens with zero attached hydrogens (tertiary/aromatic N) is 4. The van der Waals surface area contributed by atoms with Crippen LogP contribution in [0.15, 0.2) is 59.4 Å². The molecule has 152 valence electrons. The Labute approximate surface area is 176 Å². The van der Waals surface area contributed by atoms with Crippen LogP contribution in [0.25, 0.3) is 0 Å². The molecule has 2 heterocycles. The van der Waals surface area contributed by atoms with Crippen LogP contribution < -0.4 is 5.69 Å². The van der Waals surface area contributed by atoms with Gasteiger partial charge in [0, 0.05) is 24.0 Å². The number of rotatable bonds is 6. The predicted octanol–water partition coefficient (Wildman–Crippen LogP) is 4.15. The zero-order chi connectivity index (χ0) is 20.2. The molecule has 3 aromatic rings. The van der Waals surface area contributed by atoms with E-state index in [4.69, 9.17) is 16.7 Å². The van der Waals surface area contributed by atoms with Crippen LogP contribution in [0, 0.1) is 0 Å². The number of hydrogen-bond acceptors (Lipinski definition) is 3. The second-order valence-corrected chi connectivity index (χ2v) is 8.15. The van der Waals surface area contributed by atoms with Crippen molar-refractivity contribution < 1.29 is 0 Å². The molecule has 0 spiro atoms. The van der Waals surface area contributed by atoms with Crippen LogP contribution in [0.3, 0.4) is 0 Å². The SMILES string of the molecule is CCn1c(C2CCN(Cc3cccc(Cl)c3)CC2)nn(Cc2ccccc2)c1=O. The molecule has 2 aromatic carbocycles. The van der Waals surface area contributed by atoms with Crippen LogP contribution >= 0.6 is 11.6 Å². The van der Waals surface area contributed by atoms with E-state index < -0.39 is 0 Å². The van der Waals surface area contributed by atoms with E-state index in [1.807, 2.05) is 60.0 Å². The van der Waals surface area contributed by atoms with E-state index in [0.717, 1.165) is 48.9 Å². The summed E-state index contributed by atoms with van der Waals surface area (Å²) in [6, 6.07) is 18.1. The van der Waals surface area contributed by atoms with Gasteiger partial charge in [-0.2, -0.15) is 5.10 Å². The van der Waals surface area contributed by atoms with E-state index in [1.54, 1.807) is 4.68 Å². The zero-order valence-electron chi connectivity index (χ0n) is 16.8. The maximum atomic E-state index is 12.8. The molecule has 1 aromatic heterocycles. The van der Waals surface area contributed by atoms with Crippen molar-refractivity contribution in [1.29, 1.82) is 0 Å². The minimum absolute atomic E-state index is 0.00675. The van der Waals surface area contributed by atoms with E-state index in [-0.39, 0.29) is 5.69 Å². The first-order chi connectivity index (χ1) is 14.1. The molecule has 6 heteroatoms. The normalized spacial score (nSPS) is 15.7. The first-order valence-electron chi connectivity index (χ1n) is 10.3. The Kier molecular flexibility index (Phi) is 6.16. The van der Waals surface area contributed by atoms with Crippen molar-refractivity contribution in [1.82, 2.24) is 19.2 Å². The third-order valence-electron chi connectivity index (χ3n) is 5.69. The van der Waals surface area contributed by atoms with E-state index in [0.29, 0.717) is 19.0 Å². The van der Waals surface area contributed by atoms with Gasteiger partial charge >= 0.3 is 5.69 Å². The second kappa shape index (κ2) is 8.97. The fourth-order valence-electron chi connectivity index (χ4n) is 4.16. The van der Waals surface area contributed by atoms with Gasteiger partial charge in [-0.15, -0.1) is 0 Å². The first kappa shape index (κ1) is 19.9. The molecule has 5 nitrogen and oxygen atoms in total. The quantitative estimate of drug-likeness (QED) is 0.613. The molecular weight excluding hydrogens is 384 g/mol. The monoisotopic (exact) mass is 410 g/mol. The van der Waals surface area contributed by atoms with E-state index >= 15 is 0 Å². The summed E-state index contributed by atoms with van der Waals surface area (Å²) in [4.78, 5) is 15.3. The minimum atomic E-state index is -0.00675. The highest BCUT2D eigenvalue weighted by atomic mass is 35.5. The Morgan fingerprint density at radius 3 is 2.41 bits per heavy atom. The lowest BCUT2D eigenvalue weighted by Gasteiger charge is -2.31. The van der Waals surface area contributed by atoms with Gasteiger partial charge in [0.15, 0.2) is 0 Å². The van der Waals surface area contributed by atoms with Crippen molar-refractivity contribution in [2.24, 2.45) is 0 Å². The molecule has 0 saturated carbocycles. The summed E-state index contributed by atoms with van der Waals surface area (Å²) in [6.45, 7) is 6.12. The van der Waals surface area contributed by atoms with Gasteiger partial charge in [0.2, 0.25) is 0 Å². The fourth-order valence-corrected chi connectivity index (χ4v) is 4.37. The van der Waals surface area contributed by atoms with E-state index in [9.17, 15) is 4.79 Å². The summed E-state index contributed by atoms with van der Waals surface area (Å²) >= 11 is 6.11. The largest absolute Gasteiger partial charge is 0.346 e. The molecule has 0 unspecified atom stereocenters. The molecule has 0 radical (unpaired) electrons. The van der Waals surface area contributed by atoms with Gasteiger partial charge in [-0.1, -0.05) is 54.1 Å². The summed E-state index contributed by atoms with van der Waals surface area (Å²) in [6.07, 6.45) is 2.03. The summed E-state index contributed by atoms with van der Waals surface area (Å²) in [5.41, 5.74) is 2.33. The van der Waals surface area contributed by atoms with Gasteiger partial charge < -0.3 is 0 Å². The van der Waals surface area contributed by atoms with Gasteiger partial charge in [-0.05, 0) is 56.1 Å². The standard InChI is InChI=1S/C23H27ClN4O/c1-2-27-22(25-28(23(27)29)17-18-7-4-3-5-8-18)20-11-13-26(14-12-20)16-19-9-6-10-21(24)15-19/h3-10,15,20H,2,11-14,16-17H2,1H3. The molecule has 1 aliphatic rings. The maximum absolute atomic E-state index is 12.8. The van der Waals surface area contributed by atoms with Crippen molar-refractivity contribution >= 4 is 11.6 Å². The van der Waals surface area contributed by atoms with Crippen LogP contribution in [0.5, 0.6) is 0 Å². The molecule has 0 aliphatic carbocycles. The minimum Gasteiger partial charge on any atom is -0.299 e. The number of aromatic nitrogens is 3. The number of hydrogen-bond donors (Lipinski definition) is 0. The third-order valence-corrected chi connectivity index (χ3v) is 5.93. The van der Waals surface area contributed by atoms with Crippen LogP contribution in [0.1, 0.15) is 42.6 Å². The zero-order valence-corrected chi connectivity index (χ0v) is 17.6. The summed E-state index contributed by atoms with van der Waals surface area (Å²) in [7, 11) is 0. The molecular formula is C23H27ClN4O. The lowest BCUT2D eigenvalue weighted by molar-refractivity contribution is 0.200. The molecule has 1 fully saturated rings. The van der Waals surface area contributed by atoms with Gasteiger partial charge in [-0.25, -0.2) is 9.48 Å². The first-order valence-corrected chi connectivity index (χ1v) is 10.7. The van der Waals surface area contributed by atoms with Gasteiger partial charge in [0.1, 0.15) is 5.82 Å². The van der Waals surface area contributed by atoms with E-state index in [2.05, 4.69) is 11.0 Å². The Hall–Kier alpha value is -2.37. The maximum Gasteiger partial charge on any atom is 0.346 e. The Balaban J connectivity index is 1.45. The number of piperidine rings is 1. The molecule has 1 aliphatic heterocycles. The molecule has 29 heavy (non-hydrogen) atoms. The smallest absolute Gasteiger partial charge is 0.299 e. The highest BCUT2D eigenvalue weighted by Crippen LogP contribution is 2.27. The van der Waals surface area contributed by atoms with Crippen molar-refractivity contribution in [3.05, 3.63) is 87.1 Å². The Bertz CT molecular complexity index is 1000. The molecule has 0 N–H and O–H groups in total. The molecule has 0 amide bonds. The lowest BCUT2D eigenvalue weighted by atomic mass is 9.95. The third kappa shape index (κ3) is 4.62. The Morgan fingerprint density at radius 1 is 1.00 bits per heavy atom. The summed E-state index contributed by atoms with van der Waals surface area (Å²) in [5, 5.41) is 5.54. The van der Waals surface area contributed by atoms with Gasteiger partial charge in [-0.3, -0.25) is 9.47 Å². The van der Waals surface area contributed by atoms with Gasteiger partial charge in [0.05, 0.1) is 6.54 Å². The van der Waals surface area contributed by atoms with Gasteiger partial charge in [0.25, 0.3) is 0 Å². The Morgan fingerprint density at radius 2 is 1.72 bits per heavy atom. The summed E-state index contributed by atoms with van der Waals surface area (Å²) in [5.74, 6) is 1.27. The average Bonchev–Trinajstić information content (AvgIpc) is 3.05. The van der Waals surface area contributed by atoms with Crippen LogP contribution in [-0.2, 0) is 19.6 Å². The van der Waals surface area contributed by atoms with Crippen LogP contribution in [-0.4, -0.2) is 32.3 Å². The van der Waals surface area contributed by atoms with Crippen molar-refractivity contribution in [2.45, 2.75) is 45.3 Å². The molecule has 0 bridgehead atoms. The molecule has 1 saturated heterocycles. The van der Waals surface area contributed by atoms with E-state index in [1.165, 1.54) is 5.56 Å². The molecule has 0 atom stereocenters. The highest BCUT2D eigenvalue weighted by molar-refractivity contribution is 6.30. The number of benzene rings is 2. The van der Waals surface area contributed by atoms with Crippen LogP contribution in [0.2, 0.25) is 5.02 Å². The number of likely N-dealkylation sites (tertiary alicyclic amines) is 1. The molecule has 4 rings (SSSR count). The summed E-state index contributed by atoms with van der Waals surface area (Å²) < 4.78 is 3.47. The lowest BCUT2D eigenvalue weighted by Crippen LogP contribution is -2.33. The average molecular weight is 411 g/mol. The van der Waals surface area contributed by atoms with Crippen molar-refractivity contribution in [3.8, 4) is 0 Å². The van der Waals surface area contributed by atoms with Crippen molar-refractivity contribution in [2.75, 3.05) is 13.1 Å². The van der Waals surface area contributed by atoms with Crippen LogP contribution in [0.4, 0.5) is 0 Å². The topological polar surface area (TPSA) is 43.1 Å². The number of halogens is 1. The van der Waals surface area contributed by atoms with Crippen molar-refractivity contribution in [3.63, 3.8) is 0 Å².